The second-order valence-corrected chi connectivity index (χ2v) is 26.4. The van der Waals surface area contributed by atoms with Crippen molar-refractivity contribution in [2.45, 2.75) is 90.7 Å². The number of esters is 1. The smallest absolute Gasteiger partial charge is 0.330 e. The Morgan fingerprint density at radius 2 is 1.27 bits per heavy atom. The van der Waals surface area contributed by atoms with Crippen molar-refractivity contribution in [1.82, 2.24) is 0 Å². The zero-order chi connectivity index (χ0) is 23.5. The molecule has 0 radical (unpaired) electrons. The van der Waals surface area contributed by atoms with E-state index in [4.69, 9.17) is 21.8 Å². The second kappa shape index (κ2) is 13.5. The Hall–Kier alpha value is -0.0825. The highest BCUT2D eigenvalue weighted by atomic mass is 28.5. The van der Waals surface area contributed by atoms with Crippen molar-refractivity contribution in [3.63, 3.8) is 0 Å². The molecule has 6 nitrogen and oxygen atoms in total. The van der Waals surface area contributed by atoms with Gasteiger partial charge in [0.15, 0.2) is 16.6 Å². The standard InChI is InChI=1S/C20H46O6Si4/c1-11-13-18-29(9,24-27(3,4)5)26-30(10,25-28(6,7)8)19-14-15-22-16-17-23-20(21)12-2/h12H,2,11,13-19H2,1,3-10H3. The van der Waals surface area contributed by atoms with Crippen LogP contribution in [0.25, 0.3) is 0 Å². The topological polar surface area (TPSA) is 63.2 Å². The summed E-state index contributed by atoms with van der Waals surface area (Å²) in [5.41, 5.74) is 0. The number of hydrogen-bond donors (Lipinski definition) is 0. The van der Waals surface area contributed by atoms with Crippen molar-refractivity contribution >= 4 is 39.7 Å². The van der Waals surface area contributed by atoms with Gasteiger partial charge in [-0.1, -0.05) is 26.3 Å². The lowest BCUT2D eigenvalue weighted by Gasteiger charge is -2.43. The summed E-state index contributed by atoms with van der Waals surface area (Å²) in [6.07, 6.45) is 4.27. The van der Waals surface area contributed by atoms with E-state index in [1.165, 1.54) is 0 Å². The molecule has 0 aromatic carbocycles. The van der Waals surface area contributed by atoms with Gasteiger partial charge in [-0.15, -0.1) is 0 Å². The van der Waals surface area contributed by atoms with Crippen LogP contribution in [0.15, 0.2) is 12.7 Å². The van der Waals surface area contributed by atoms with Gasteiger partial charge in [-0.2, -0.15) is 0 Å². The molecule has 10 heteroatoms. The van der Waals surface area contributed by atoms with Gasteiger partial charge in [-0.3, -0.25) is 0 Å². The molecule has 0 aromatic rings. The molecule has 0 saturated carbocycles. The quantitative estimate of drug-likeness (QED) is 0.110. The summed E-state index contributed by atoms with van der Waals surface area (Å²) in [6, 6.07) is 1.88. The number of unbranched alkanes of at least 4 members (excludes halogenated alkanes) is 1. The summed E-state index contributed by atoms with van der Waals surface area (Å²) in [7, 11) is -8.24. The molecule has 0 spiro atoms. The molecule has 0 amide bonds. The number of carbonyl (C=O) groups excluding carboxylic acids is 1. The monoisotopic (exact) mass is 494 g/mol. The van der Waals surface area contributed by atoms with Crippen molar-refractivity contribution in [3.05, 3.63) is 12.7 Å². The van der Waals surface area contributed by atoms with Crippen LogP contribution in [0.3, 0.4) is 0 Å². The summed E-state index contributed by atoms with van der Waals surface area (Å²) >= 11 is 0. The first-order valence-electron chi connectivity index (χ1n) is 11.1. The van der Waals surface area contributed by atoms with Crippen LogP contribution < -0.4 is 0 Å². The van der Waals surface area contributed by atoms with Crippen LogP contribution in [0.2, 0.25) is 64.5 Å². The zero-order valence-electron chi connectivity index (χ0n) is 20.9. The van der Waals surface area contributed by atoms with E-state index in [-0.39, 0.29) is 6.61 Å². The van der Waals surface area contributed by atoms with E-state index < -0.39 is 39.7 Å². The third-order valence-corrected chi connectivity index (χ3v) is 18.3. The fourth-order valence-electron chi connectivity index (χ4n) is 3.35. The van der Waals surface area contributed by atoms with Crippen molar-refractivity contribution in [1.29, 1.82) is 0 Å². The van der Waals surface area contributed by atoms with Crippen molar-refractivity contribution in [2.24, 2.45) is 0 Å². The normalized spacial score (nSPS) is 16.6. The molecule has 0 rings (SSSR count). The SMILES string of the molecule is C=CC(=O)OCCOCCC[Si](C)(O[Si](C)(C)C)O[Si](C)(CCCC)O[Si](C)(C)C. The minimum atomic E-state index is -2.42. The van der Waals surface area contributed by atoms with Crippen LogP contribution in [0, 0.1) is 0 Å². The largest absolute Gasteiger partial charge is 0.460 e. The predicted molar refractivity (Wildman–Crippen MR) is 134 cm³/mol. The van der Waals surface area contributed by atoms with Gasteiger partial charge in [0, 0.05) is 12.7 Å². The van der Waals surface area contributed by atoms with Gasteiger partial charge in [0.1, 0.15) is 6.61 Å². The minimum absolute atomic E-state index is 0.244. The first-order valence-corrected chi connectivity index (χ1v) is 23.0. The Bertz CT molecular complexity index is 520. The Morgan fingerprint density at radius 3 is 1.70 bits per heavy atom. The third-order valence-electron chi connectivity index (χ3n) is 4.02. The fourth-order valence-corrected chi connectivity index (χ4v) is 21.9. The maximum Gasteiger partial charge on any atom is 0.330 e. The molecular formula is C20H46O6Si4. The van der Waals surface area contributed by atoms with Crippen molar-refractivity contribution < 1.29 is 26.6 Å². The lowest BCUT2D eigenvalue weighted by atomic mass is 10.4. The van der Waals surface area contributed by atoms with E-state index >= 15 is 0 Å². The maximum absolute atomic E-state index is 11.0. The number of ether oxygens (including phenoxy) is 2. The molecule has 0 aromatic heterocycles. The van der Waals surface area contributed by atoms with E-state index in [1.807, 2.05) is 0 Å². The molecule has 0 aliphatic heterocycles. The Labute approximate surface area is 189 Å². The van der Waals surface area contributed by atoms with Gasteiger partial charge in [-0.25, -0.2) is 4.79 Å². The molecule has 0 fully saturated rings. The van der Waals surface area contributed by atoms with Crippen LogP contribution in [0.1, 0.15) is 26.2 Å². The molecule has 178 valence electrons. The lowest BCUT2D eigenvalue weighted by Crippen LogP contribution is -2.58. The first-order chi connectivity index (χ1) is 13.6. The summed E-state index contributed by atoms with van der Waals surface area (Å²) in [5, 5.41) is 0. The number of rotatable bonds is 17. The molecule has 0 N–H and O–H groups in total. The average molecular weight is 495 g/mol. The van der Waals surface area contributed by atoms with Crippen LogP contribution in [-0.4, -0.2) is 59.5 Å². The summed E-state index contributed by atoms with van der Waals surface area (Å²) in [5.74, 6) is -0.422. The Morgan fingerprint density at radius 1 is 0.767 bits per heavy atom. The second-order valence-electron chi connectivity index (χ2n) is 9.99. The van der Waals surface area contributed by atoms with Gasteiger partial charge in [0.25, 0.3) is 0 Å². The van der Waals surface area contributed by atoms with Crippen LogP contribution >= 0.6 is 0 Å². The minimum Gasteiger partial charge on any atom is -0.460 e. The Kier molecular flexibility index (Phi) is 13.4. The molecule has 0 aliphatic carbocycles. The predicted octanol–water partition coefficient (Wildman–Crippen LogP) is 5.79. The number of carbonyl (C=O) groups is 1. The molecule has 0 bridgehead atoms. The van der Waals surface area contributed by atoms with E-state index in [2.05, 4.69) is 65.9 Å². The van der Waals surface area contributed by atoms with Crippen LogP contribution in [0.4, 0.5) is 0 Å². The van der Waals surface area contributed by atoms with Gasteiger partial charge < -0.3 is 21.8 Å². The molecular weight excluding hydrogens is 449 g/mol. The maximum atomic E-state index is 11.0. The third kappa shape index (κ3) is 15.7. The molecule has 0 heterocycles. The average Bonchev–Trinajstić information content (AvgIpc) is 2.55. The molecule has 30 heavy (non-hydrogen) atoms. The first kappa shape index (κ1) is 29.9. The van der Waals surface area contributed by atoms with Gasteiger partial charge >= 0.3 is 23.1 Å². The van der Waals surface area contributed by atoms with E-state index in [0.717, 1.165) is 37.4 Å². The summed E-state index contributed by atoms with van der Waals surface area (Å²) < 4.78 is 30.8. The molecule has 0 saturated heterocycles. The van der Waals surface area contributed by atoms with E-state index in [1.54, 1.807) is 0 Å². The lowest BCUT2D eigenvalue weighted by molar-refractivity contribution is -0.139. The molecule has 2 unspecified atom stereocenters. The van der Waals surface area contributed by atoms with Gasteiger partial charge in [0.2, 0.25) is 0 Å². The van der Waals surface area contributed by atoms with Crippen molar-refractivity contribution in [3.8, 4) is 0 Å². The summed E-state index contributed by atoms with van der Waals surface area (Å²) in [4.78, 5) is 11.0. The van der Waals surface area contributed by atoms with E-state index in [9.17, 15) is 4.79 Å². The van der Waals surface area contributed by atoms with Crippen LogP contribution in [0.5, 0.6) is 0 Å². The molecule has 0 aliphatic rings. The Balaban J connectivity index is 4.98. The highest BCUT2D eigenvalue weighted by Crippen LogP contribution is 2.30. The molecule has 2 atom stereocenters. The van der Waals surface area contributed by atoms with Crippen molar-refractivity contribution in [2.75, 3.05) is 19.8 Å². The van der Waals surface area contributed by atoms with E-state index in [0.29, 0.717) is 13.2 Å². The fraction of sp³-hybridized carbons (Fsp3) is 0.850. The highest BCUT2D eigenvalue weighted by Gasteiger charge is 2.46. The van der Waals surface area contributed by atoms with Gasteiger partial charge in [-0.05, 0) is 70.9 Å². The zero-order valence-corrected chi connectivity index (χ0v) is 24.9. The highest BCUT2D eigenvalue weighted by molar-refractivity contribution is 6.89. The van der Waals surface area contributed by atoms with Crippen LogP contribution in [-0.2, 0) is 26.6 Å². The summed E-state index contributed by atoms with van der Waals surface area (Å²) in [6.45, 7) is 24.6. The number of hydrogen-bond acceptors (Lipinski definition) is 6. The van der Waals surface area contributed by atoms with Gasteiger partial charge in [0.05, 0.1) is 6.61 Å².